The first kappa shape index (κ1) is 17.9. The van der Waals surface area contributed by atoms with E-state index in [9.17, 15) is 0 Å². The molecule has 3 N–H and O–H groups in total. The summed E-state index contributed by atoms with van der Waals surface area (Å²) in [5, 5.41) is 3.52. The van der Waals surface area contributed by atoms with Gasteiger partial charge in [-0.15, -0.1) is 0 Å². The van der Waals surface area contributed by atoms with Gasteiger partial charge in [0.1, 0.15) is 0 Å². The van der Waals surface area contributed by atoms with Crippen LogP contribution in [0, 0.1) is 0 Å². The fraction of sp³-hybridized carbons (Fsp3) is 0.182. The molecule has 0 aliphatic rings. The first-order chi connectivity index (χ1) is 11.8. The molecule has 0 aliphatic carbocycles. The van der Waals surface area contributed by atoms with Crippen molar-refractivity contribution in [2.24, 2.45) is 5.73 Å². The molecule has 1 atom stereocenters. The van der Waals surface area contributed by atoms with Gasteiger partial charge in [-0.2, -0.15) is 0 Å². The Morgan fingerprint density at radius 2 is 1.17 bits per heavy atom. The van der Waals surface area contributed by atoms with Crippen LogP contribution in [0.5, 0.6) is 0 Å². The largest absolute Gasteiger partial charge is 0.326 e. The average Bonchev–Trinajstić information content (AvgIpc) is 2.69. The molecule has 0 heterocycles. The molecule has 0 amide bonds. The molecule has 3 aromatic rings. The highest BCUT2D eigenvalue weighted by atomic mass is 14.9. The minimum atomic E-state index is 0.390. The Hall–Kier alpha value is -2.42. The molecular formula is C22H26N2. The molecule has 124 valence electrons. The fourth-order valence-corrected chi connectivity index (χ4v) is 2.34. The monoisotopic (exact) mass is 318 g/mol. The van der Waals surface area contributed by atoms with Crippen molar-refractivity contribution in [1.82, 2.24) is 5.32 Å². The number of rotatable bonds is 5. The molecule has 0 radical (unpaired) electrons. The quantitative estimate of drug-likeness (QED) is 0.716. The highest BCUT2D eigenvalue weighted by Crippen LogP contribution is 2.12. The normalized spacial score (nSPS) is 11.2. The lowest BCUT2D eigenvalue weighted by Gasteiger charge is -2.14. The van der Waals surface area contributed by atoms with Crippen LogP contribution in [-0.2, 0) is 13.1 Å². The van der Waals surface area contributed by atoms with Crippen LogP contribution in [0.15, 0.2) is 91.0 Å². The van der Waals surface area contributed by atoms with Crippen molar-refractivity contribution in [2.45, 2.75) is 26.1 Å². The van der Waals surface area contributed by atoms with E-state index >= 15 is 0 Å². The third kappa shape index (κ3) is 6.37. The molecular weight excluding hydrogens is 292 g/mol. The van der Waals surface area contributed by atoms with Crippen molar-refractivity contribution in [1.29, 1.82) is 0 Å². The lowest BCUT2D eigenvalue weighted by atomic mass is 10.1. The SMILES string of the molecule is CC(NCc1ccccc1)c1ccccc1.NCc1ccccc1. The Balaban J connectivity index is 0.000000219. The summed E-state index contributed by atoms with van der Waals surface area (Å²) in [6.07, 6.45) is 0. The van der Waals surface area contributed by atoms with E-state index in [1.807, 2.05) is 42.5 Å². The molecule has 2 heteroatoms. The molecule has 0 fully saturated rings. The summed E-state index contributed by atoms with van der Waals surface area (Å²) < 4.78 is 0. The Labute approximate surface area is 145 Å². The number of benzene rings is 3. The standard InChI is InChI=1S/C15H17N.C7H9N/c1-13(15-10-6-3-7-11-15)16-12-14-8-4-2-5-9-14;8-6-7-4-2-1-3-5-7/h2-11,13,16H,12H2,1H3;1-5H,6,8H2. The van der Waals surface area contributed by atoms with Gasteiger partial charge in [-0.3, -0.25) is 0 Å². The Bertz CT molecular complexity index is 666. The summed E-state index contributed by atoms with van der Waals surface area (Å²) in [6, 6.07) is 31.4. The maximum Gasteiger partial charge on any atom is 0.0294 e. The van der Waals surface area contributed by atoms with E-state index in [0.717, 1.165) is 6.54 Å². The number of nitrogens with one attached hydrogen (secondary N) is 1. The second-order valence-electron chi connectivity index (χ2n) is 5.69. The molecule has 0 saturated carbocycles. The molecule has 2 nitrogen and oxygen atoms in total. The summed E-state index contributed by atoms with van der Waals surface area (Å²) in [7, 11) is 0. The lowest BCUT2D eigenvalue weighted by Crippen LogP contribution is -2.17. The zero-order valence-electron chi connectivity index (χ0n) is 14.2. The third-order valence-corrected chi connectivity index (χ3v) is 3.83. The van der Waals surface area contributed by atoms with Crippen molar-refractivity contribution in [2.75, 3.05) is 0 Å². The fourth-order valence-electron chi connectivity index (χ4n) is 2.34. The molecule has 1 unspecified atom stereocenters. The van der Waals surface area contributed by atoms with Gasteiger partial charge in [-0.1, -0.05) is 91.0 Å². The van der Waals surface area contributed by atoms with Gasteiger partial charge >= 0.3 is 0 Å². The molecule has 0 aliphatic heterocycles. The molecule has 0 aromatic heterocycles. The van der Waals surface area contributed by atoms with Crippen molar-refractivity contribution in [3.8, 4) is 0 Å². The van der Waals surface area contributed by atoms with Gasteiger partial charge in [0.05, 0.1) is 0 Å². The molecule has 24 heavy (non-hydrogen) atoms. The van der Waals surface area contributed by atoms with Gasteiger partial charge in [0, 0.05) is 19.1 Å². The zero-order valence-corrected chi connectivity index (χ0v) is 14.2. The predicted octanol–water partition coefficient (Wildman–Crippen LogP) is 4.68. The van der Waals surface area contributed by atoms with Crippen LogP contribution in [0.4, 0.5) is 0 Å². The van der Waals surface area contributed by atoms with Crippen molar-refractivity contribution >= 4 is 0 Å². The maximum atomic E-state index is 5.35. The number of nitrogens with two attached hydrogens (primary N) is 1. The van der Waals surface area contributed by atoms with Gasteiger partial charge in [0.25, 0.3) is 0 Å². The lowest BCUT2D eigenvalue weighted by molar-refractivity contribution is 0.575. The second-order valence-corrected chi connectivity index (χ2v) is 5.69. The third-order valence-electron chi connectivity index (χ3n) is 3.83. The van der Waals surface area contributed by atoms with Crippen LogP contribution in [0.2, 0.25) is 0 Å². The van der Waals surface area contributed by atoms with Crippen LogP contribution in [0.3, 0.4) is 0 Å². The van der Waals surface area contributed by atoms with Crippen molar-refractivity contribution in [3.63, 3.8) is 0 Å². The highest BCUT2D eigenvalue weighted by molar-refractivity contribution is 5.19. The molecule has 0 spiro atoms. The molecule has 3 rings (SSSR count). The summed E-state index contributed by atoms with van der Waals surface area (Å²) in [5.41, 5.74) is 9.19. The number of hydrogen-bond donors (Lipinski definition) is 2. The molecule has 3 aromatic carbocycles. The van der Waals surface area contributed by atoms with Crippen LogP contribution >= 0.6 is 0 Å². The minimum Gasteiger partial charge on any atom is -0.326 e. The predicted molar refractivity (Wildman–Crippen MR) is 102 cm³/mol. The second kappa shape index (κ2) is 10.4. The van der Waals surface area contributed by atoms with E-state index < -0.39 is 0 Å². The van der Waals surface area contributed by atoms with Crippen LogP contribution in [-0.4, -0.2) is 0 Å². The van der Waals surface area contributed by atoms with E-state index in [4.69, 9.17) is 5.73 Å². The van der Waals surface area contributed by atoms with E-state index in [-0.39, 0.29) is 0 Å². The smallest absolute Gasteiger partial charge is 0.0294 e. The summed E-state index contributed by atoms with van der Waals surface area (Å²) in [6.45, 7) is 3.75. The van der Waals surface area contributed by atoms with Crippen molar-refractivity contribution in [3.05, 3.63) is 108 Å². The first-order valence-electron chi connectivity index (χ1n) is 8.36. The van der Waals surface area contributed by atoms with E-state index in [0.29, 0.717) is 12.6 Å². The average molecular weight is 318 g/mol. The van der Waals surface area contributed by atoms with Gasteiger partial charge in [0.2, 0.25) is 0 Å². The molecule has 0 saturated heterocycles. The Morgan fingerprint density at radius 1 is 0.708 bits per heavy atom. The highest BCUT2D eigenvalue weighted by Gasteiger charge is 2.02. The first-order valence-corrected chi connectivity index (χ1v) is 8.36. The van der Waals surface area contributed by atoms with E-state index in [1.54, 1.807) is 0 Å². The van der Waals surface area contributed by atoms with Gasteiger partial charge in [-0.05, 0) is 23.6 Å². The van der Waals surface area contributed by atoms with E-state index in [2.05, 4.69) is 60.8 Å². The van der Waals surface area contributed by atoms with Gasteiger partial charge < -0.3 is 11.1 Å². The van der Waals surface area contributed by atoms with E-state index in [1.165, 1.54) is 16.7 Å². The summed E-state index contributed by atoms with van der Waals surface area (Å²) >= 11 is 0. The maximum absolute atomic E-state index is 5.35. The topological polar surface area (TPSA) is 38.0 Å². The van der Waals surface area contributed by atoms with Crippen LogP contribution < -0.4 is 11.1 Å². The van der Waals surface area contributed by atoms with Crippen LogP contribution in [0.25, 0.3) is 0 Å². The Kier molecular flexibility index (Phi) is 7.75. The van der Waals surface area contributed by atoms with Crippen molar-refractivity contribution < 1.29 is 0 Å². The Morgan fingerprint density at radius 3 is 1.62 bits per heavy atom. The molecule has 0 bridgehead atoms. The van der Waals surface area contributed by atoms with Gasteiger partial charge in [0.15, 0.2) is 0 Å². The minimum absolute atomic E-state index is 0.390. The summed E-state index contributed by atoms with van der Waals surface area (Å²) in [5.74, 6) is 0. The number of hydrogen-bond acceptors (Lipinski definition) is 2. The summed E-state index contributed by atoms with van der Waals surface area (Å²) in [4.78, 5) is 0. The zero-order chi connectivity index (χ0) is 17.0. The van der Waals surface area contributed by atoms with Crippen LogP contribution in [0.1, 0.15) is 29.7 Å². The van der Waals surface area contributed by atoms with Gasteiger partial charge in [-0.25, -0.2) is 0 Å².